The van der Waals surface area contributed by atoms with Gasteiger partial charge in [-0.1, -0.05) is 0 Å². The molecule has 3 rings (SSSR count). The van der Waals surface area contributed by atoms with Gasteiger partial charge in [-0.25, -0.2) is 9.97 Å². The minimum Gasteiger partial charge on any atom is -0.372 e. The van der Waals surface area contributed by atoms with Crippen LogP contribution in [0.2, 0.25) is 0 Å². The average Bonchev–Trinajstić information content (AvgIpc) is 3.19. The zero-order valence-electron chi connectivity index (χ0n) is 15.8. The molecule has 1 aliphatic heterocycles. The number of likely N-dealkylation sites (tertiary alicyclic amines) is 1. The molecule has 1 N–H and O–H groups in total. The minimum absolute atomic E-state index is 0.0266. The maximum absolute atomic E-state index is 12.3. The summed E-state index contributed by atoms with van der Waals surface area (Å²) in [6.07, 6.45) is 5.33. The quantitative estimate of drug-likeness (QED) is 0.859. The summed E-state index contributed by atoms with van der Waals surface area (Å²) in [6, 6.07) is 6.35. The lowest BCUT2D eigenvalue weighted by Crippen LogP contribution is -2.28. The molecule has 138 valence electrons. The number of nitrogens with zero attached hydrogens (tertiary/aromatic N) is 4. The van der Waals surface area contributed by atoms with Crippen LogP contribution in [0.1, 0.15) is 42.7 Å². The van der Waals surface area contributed by atoms with Crippen LogP contribution in [0, 0.1) is 6.92 Å². The number of aromatic nitrogens is 2. The third kappa shape index (κ3) is 3.95. The van der Waals surface area contributed by atoms with Gasteiger partial charge in [0.2, 0.25) is 0 Å². The number of aryl methyl sites for hydroxylation is 1. The lowest BCUT2D eigenvalue weighted by molar-refractivity contribution is 0.0786. The van der Waals surface area contributed by atoms with Crippen molar-refractivity contribution in [1.29, 1.82) is 0 Å². The van der Waals surface area contributed by atoms with E-state index in [-0.39, 0.29) is 5.91 Å². The van der Waals surface area contributed by atoms with Crippen molar-refractivity contribution in [2.45, 2.75) is 33.6 Å². The van der Waals surface area contributed by atoms with E-state index in [4.69, 9.17) is 0 Å². The molecule has 0 aliphatic carbocycles. The molecule has 2 aromatic rings. The molecular formula is C20H27N5O. The molecule has 1 fully saturated rings. The highest BCUT2D eigenvalue weighted by atomic mass is 16.2. The van der Waals surface area contributed by atoms with Crippen LogP contribution in [0.15, 0.2) is 30.6 Å². The van der Waals surface area contributed by atoms with Gasteiger partial charge in [0.15, 0.2) is 0 Å². The first-order chi connectivity index (χ1) is 12.6. The maximum atomic E-state index is 12.3. The number of hydrogen-bond acceptors (Lipinski definition) is 5. The highest BCUT2D eigenvalue weighted by Crippen LogP contribution is 2.24. The molecule has 0 atom stereocenters. The zero-order chi connectivity index (χ0) is 18.5. The van der Waals surface area contributed by atoms with Crippen molar-refractivity contribution < 1.29 is 4.79 Å². The van der Waals surface area contributed by atoms with Gasteiger partial charge < -0.3 is 15.1 Å². The van der Waals surface area contributed by atoms with Crippen LogP contribution in [0.5, 0.6) is 0 Å². The average molecular weight is 353 g/mol. The molecule has 0 spiro atoms. The lowest BCUT2D eigenvalue weighted by Gasteiger charge is -2.22. The predicted molar refractivity (Wildman–Crippen MR) is 105 cm³/mol. The van der Waals surface area contributed by atoms with Crippen LogP contribution in [-0.2, 0) is 0 Å². The van der Waals surface area contributed by atoms with Crippen LogP contribution >= 0.6 is 0 Å². The van der Waals surface area contributed by atoms with Gasteiger partial charge in [-0.05, 0) is 57.4 Å². The molecule has 1 amide bonds. The summed E-state index contributed by atoms with van der Waals surface area (Å²) in [4.78, 5) is 25.1. The van der Waals surface area contributed by atoms with Crippen molar-refractivity contribution in [1.82, 2.24) is 14.9 Å². The van der Waals surface area contributed by atoms with Gasteiger partial charge >= 0.3 is 0 Å². The Bertz CT molecular complexity index is 749. The minimum atomic E-state index is -0.0266. The Labute approximate surface area is 155 Å². The Morgan fingerprint density at radius 1 is 1.15 bits per heavy atom. The fraction of sp³-hybridized carbons (Fsp3) is 0.450. The van der Waals surface area contributed by atoms with Crippen molar-refractivity contribution in [2.75, 3.05) is 36.4 Å². The molecular weight excluding hydrogens is 326 g/mol. The third-order valence-electron chi connectivity index (χ3n) is 4.87. The molecule has 1 aromatic carbocycles. The lowest BCUT2D eigenvalue weighted by atomic mass is 10.1. The van der Waals surface area contributed by atoms with Crippen LogP contribution in [0.3, 0.4) is 0 Å². The van der Waals surface area contributed by atoms with E-state index in [0.717, 1.165) is 50.3 Å². The van der Waals surface area contributed by atoms with E-state index in [1.165, 1.54) is 5.69 Å². The number of nitrogens with one attached hydrogen (secondary N) is 1. The molecule has 1 saturated heterocycles. The molecule has 0 bridgehead atoms. The summed E-state index contributed by atoms with van der Waals surface area (Å²) in [6.45, 7) is 10.0. The fourth-order valence-electron chi connectivity index (χ4n) is 3.30. The van der Waals surface area contributed by atoms with Crippen molar-refractivity contribution >= 4 is 23.1 Å². The second-order valence-electron chi connectivity index (χ2n) is 6.58. The number of carbonyl (C=O) groups excluding carboxylic acids is 1. The predicted octanol–water partition coefficient (Wildman–Crippen LogP) is 3.61. The van der Waals surface area contributed by atoms with E-state index >= 15 is 0 Å². The first-order valence-electron chi connectivity index (χ1n) is 9.36. The SMILES string of the molecule is CCN(CC)c1ccc(Nc2cnc(C(=O)N3CCCC3)cn2)c(C)c1. The van der Waals surface area contributed by atoms with Crippen LogP contribution in [0.4, 0.5) is 17.2 Å². The van der Waals surface area contributed by atoms with E-state index in [1.54, 1.807) is 12.4 Å². The van der Waals surface area contributed by atoms with Crippen molar-refractivity contribution in [3.63, 3.8) is 0 Å². The zero-order valence-corrected chi connectivity index (χ0v) is 15.8. The summed E-state index contributed by atoms with van der Waals surface area (Å²) in [5, 5.41) is 3.29. The largest absolute Gasteiger partial charge is 0.372 e. The summed E-state index contributed by atoms with van der Waals surface area (Å²) >= 11 is 0. The summed E-state index contributed by atoms with van der Waals surface area (Å²) in [5.41, 5.74) is 3.77. The molecule has 6 heteroatoms. The van der Waals surface area contributed by atoms with Gasteiger partial charge in [0.05, 0.1) is 12.4 Å². The first-order valence-corrected chi connectivity index (χ1v) is 9.36. The van der Waals surface area contributed by atoms with E-state index in [9.17, 15) is 4.79 Å². The third-order valence-corrected chi connectivity index (χ3v) is 4.87. The summed E-state index contributed by atoms with van der Waals surface area (Å²) in [5.74, 6) is 0.614. The second kappa shape index (κ2) is 8.17. The van der Waals surface area contributed by atoms with Crippen LogP contribution < -0.4 is 10.2 Å². The maximum Gasteiger partial charge on any atom is 0.274 e. The molecule has 1 aliphatic rings. The highest BCUT2D eigenvalue weighted by Gasteiger charge is 2.20. The Morgan fingerprint density at radius 3 is 2.46 bits per heavy atom. The Hall–Kier alpha value is -2.63. The van der Waals surface area contributed by atoms with E-state index < -0.39 is 0 Å². The van der Waals surface area contributed by atoms with Crippen molar-refractivity contribution in [2.24, 2.45) is 0 Å². The molecule has 1 aromatic heterocycles. The van der Waals surface area contributed by atoms with E-state index in [2.05, 4.69) is 59.2 Å². The van der Waals surface area contributed by atoms with Gasteiger partial charge in [-0.15, -0.1) is 0 Å². The monoisotopic (exact) mass is 353 g/mol. The molecule has 2 heterocycles. The smallest absolute Gasteiger partial charge is 0.274 e. The number of benzene rings is 1. The number of rotatable bonds is 6. The van der Waals surface area contributed by atoms with Gasteiger partial charge in [0.1, 0.15) is 11.5 Å². The Morgan fingerprint density at radius 2 is 1.88 bits per heavy atom. The number of hydrogen-bond donors (Lipinski definition) is 1. The van der Waals surface area contributed by atoms with Crippen molar-refractivity contribution in [3.05, 3.63) is 41.9 Å². The number of carbonyl (C=O) groups is 1. The van der Waals surface area contributed by atoms with Gasteiger partial charge in [-0.3, -0.25) is 4.79 Å². The molecule has 0 unspecified atom stereocenters. The van der Waals surface area contributed by atoms with Gasteiger partial charge in [0.25, 0.3) is 5.91 Å². The number of amides is 1. The fourth-order valence-corrected chi connectivity index (χ4v) is 3.30. The first kappa shape index (κ1) is 18.2. The summed E-state index contributed by atoms with van der Waals surface area (Å²) < 4.78 is 0. The standard InChI is InChI=1S/C20H27N5O/c1-4-24(5-2)16-8-9-17(15(3)12-16)23-19-14-21-18(13-22-19)20(26)25-10-6-7-11-25/h8-9,12-14H,4-7,10-11H2,1-3H3,(H,22,23). The topological polar surface area (TPSA) is 61.4 Å². The van der Waals surface area contributed by atoms with Crippen LogP contribution in [-0.4, -0.2) is 47.0 Å². The number of anilines is 3. The van der Waals surface area contributed by atoms with Crippen molar-refractivity contribution in [3.8, 4) is 0 Å². The van der Waals surface area contributed by atoms with E-state index in [0.29, 0.717) is 11.5 Å². The molecule has 26 heavy (non-hydrogen) atoms. The molecule has 0 saturated carbocycles. The van der Waals surface area contributed by atoms with Gasteiger partial charge in [-0.2, -0.15) is 0 Å². The Balaban J connectivity index is 1.70. The molecule has 6 nitrogen and oxygen atoms in total. The Kier molecular flexibility index (Phi) is 5.71. The van der Waals surface area contributed by atoms with Gasteiger partial charge in [0, 0.05) is 37.6 Å². The van der Waals surface area contributed by atoms with Crippen LogP contribution in [0.25, 0.3) is 0 Å². The molecule has 0 radical (unpaired) electrons. The summed E-state index contributed by atoms with van der Waals surface area (Å²) in [7, 11) is 0. The normalized spacial score (nSPS) is 13.7. The van der Waals surface area contributed by atoms with E-state index in [1.807, 2.05) is 4.90 Å². The second-order valence-corrected chi connectivity index (χ2v) is 6.58. The highest BCUT2D eigenvalue weighted by molar-refractivity contribution is 5.92.